The van der Waals surface area contributed by atoms with E-state index >= 15 is 0 Å². The van der Waals surface area contributed by atoms with Gasteiger partial charge in [-0.1, -0.05) is 0 Å². The summed E-state index contributed by atoms with van der Waals surface area (Å²) in [5.74, 6) is 0. The molecule has 0 heterocycles. The Kier molecular flexibility index (Phi) is 564. The fraction of sp³-hybridized carbons (Fsp3) is 0. The van der Waals surface area contributed by atoms with Crippen molar-refractivity contribution >= 4 is 0 Å². The molecule has 0 bridgehead atoms. The molecule has 0 aromatic rings. The van der Waals surface area contributed by atoms with Crippen molar-refractivity contribution in [1.29, 1.82) is 0 Å². The zero-order valence-corrected chi connectivity index (χ0v) is 7.91. The predicted octanol–water partition coefficient (Wildman–Crippen LogP) is -0.431. The molecule has 0 aromatic heterocycles. The van der Waals surface area contributed by atoms with Crippen molar-refractivity contribution in [3.05, 3.63) is 0 Å². The maximum absolute atomic E-state index is 4.55. The van der Waals surface area contributed by atoms with Gasteiger partial charge in [-0.15, -0.1) is 0 Å². The van der Waals surface area contributed by atoms with Gasteiger partial charge in [-0.25, -0.2) is 0 Å². The first kappa shape index (κ1) is 77.6. The van der Waals surface area contributed by atoms with Gasteiger partial charge in [-0.05, 0) is 0 Å². The van der Waals surface area contributed by atoms with Crippen LogP contribution in [-0.2, 0) is 19.5 Å². The number of hydrogen-bond acceptors (Lipinski definition) is 2. The van der Waals surface area contributed by atoms with Gasteiger partial charge in [-0.3, -0.25) is 0 Å². The minimum Gasteiger partial charge on any atom is 0 e. The van der Waals surface area contributed by atoms with Crippen LogP contribution in [0.2, 0.25) is 0 Å². The molecule has 0 aliphatic heterocycles. The van der Waals surface area contributed by atoms with Gasteiger partial charge < -0.3 is 6.15 Å². The molecule has 0 aliphatic carbocycles. The first-order valence-corrected chi connectivity index (χ1v) is 1.70. The van der Waals surface area contributed by atoms with E-state index in [9.17, 15) is 0 Å². The standard InChI is InChI=1S/Cf.H3N.H2N.Zn/h;1H3;1H2;/q+1;;-1;. The Morgan fingerprint density at radius 1 is 1.25 bits per heavy atom. The Hall–Kier alpha value is -0.457. The maximum atomic E-state index is 4.55. The van der Waals surface area contributed by atoms with Gasteiger partial charge in [0.25, 0.3) is 0 Å². The monoisotopic (exact) mass is 346 g/mol. The second-order valence-corrected chi connectivity index (χ2v) is 0. The van der Waals surface area contributed by atoms with Crippen molar-refractivity contribution in [2.45, 2.75) is 0 Å². The predicted molar refractivity (Wildman–Crippen MR) is 9.21 cm³/mol. The average molecular weight is 349 g/mol. The molecule has 4 heavy (non-hydrogen) atoms. The van der Waals surface area contributed by atoms with Crippen LogP contribution in [0.5, 0.6) is 0 Å². The molecule has 4 heteroatoms. The Bertz CT molecular complexity index is 6.00. The summed E-state index contributed by atoms with van der Waals surface area (Å²) in [5.41, 5.74) is 0. The molecule has 0 rings (SSSR count). The average Bonchev–Trinajstić information content (AvgIpc) is 1.00. The normalized spacial score (nSPS) is 1.75. The largest absolute Gasteiger partial charge is 0 e. The Morgan fingerprint density at radius 2 is 1.25 bits per heavy atom. The Morgan fingerprint density at radius 3 is 1.25 bits per heavy atom. The molecule has 0 radical (unpaired) electrons. The Balaban J connectivity index is -0.00000000500. The maximum Gasteiger partial charge on any atom is 0 e. The van der Waals surface area contributed by atoms with Gasteiger partial charge in [0.2, 0.25) is 0 Å². The van der Waals surface area contributed by atoms with E-state index in [4.69, 9.17) is 0 Å². The van der Waals surface area contributed by atoms with Gasteiger partial charge >= 0.3 is 6.15 Å². The quantitative estimate of drug-likeness (QED) is 0.583. The summed E-state index contributed by atoms with van der Waals surface area (Å²) in [6.45, 7) is 0. The smallest absolute Gasteiger partial charge is 0 e. The van der Waals surface area contributed by atoms with E-state index in [0.717, 1.165) is 0 Å². The van der Waals surface area contributed by atoms with Crippen molar-refractivity contribution in [1.82, 2.24) is 6.15 Å². The van der Waals surface area contributed by atoms with Crippen LogP contribution in [0.3, 0.4) is 0 Å². The van der Waals surface area contributed by atoms with Gasteiger partial charge in [0, 0.05) is 19.5 Å². The number of hydrogen-bond donors (Lipinski definition) is 2. The molecule has 0 aromatic carbocycles. The third-order valence-electron chi connectivity index (χ3n) is 0. The Labute approximate surface area is 32.5 Å². The van der Waals surface area contributed by atoms with E-state index in [1.165, 1.54) is 0 Å². The van der Waals surface area contributed by atoms with Crippen LogP contribution in [0.15, 0.2) is 0 Å². The molecule has 0 spiro atoms. The van der Waals surface area contributed by atoms with Crippen molar-refractivity contribution in [3.63, 3.8) is 0 Å². The first-order chi connectivity index (χ1) is 1.00. The first-order valence-electron chi connectivity index (χ1n) is 0.183. The summed E-state index contributed by atoms with van der Waals surface area (Å²) < 4.78 is 1.27. The molecule has 0 atom stereocenters. The molecule has 0 aliphatic rings. The topological polar surface area (TPSA) is 61.0 Å². The minimum absolute atomic E-state index is 0. The van der Waals surface area contributed by atoms with Crippen LogP contribution in [0, 0.1) is 0 Å². The molecule has 27 valence electrons. The summed E-state index contributed by atoms with van der Waals surface area (Å²) in [7, 11) is 0. The van der Waals surface area contributed by atoms with E-state index in [2.05, 4.69) is 6.15 Å². The van der Waals surface area contributed by atoms with Crippen LogP contribution in [0.1, 0.15) is 0 Å². The van der Waals surface area contributed by atoms with Gasteiger partial charge in [-0.2, -0.15) is 0 Å². The van der Waals surface area contributed by atoms with E-state index < -0.39 is 0 Å². The summed E-state index contributed by atoms with van der Waals surface area (Å²) in [5, 5.41) is 0. The summed E-state index contributed by atoms with van der Waals surface area (Å²) in [6, 6.07) is 0. The van der Waals surface area contributed by atoms with E-state index in [1.54, 1.807) is 0 Å². The number of nitrogens with two attached hydrogens (primary N) is 1. The van der Waals surface area contributed by atoms with Crippen molar-refractivity contribution < 1.29 is 19.5 Å². The van der Waals surface area contributed by atoms with Gasteiger partial charge in [0.15, 0.2) is 0 Å². The summed E-state index contributed by atoms with van der Waals surface area (Å²) in [4.78, 5) is 0. The molecule has 0 amide bonds. The number of rotatable bonds is 0. The van der Waals surface area contributed by atoms with Gasteiger partial charge in [0.05, 0.1) is 0 Å². The van der Waals surface area contributed by atoms with Crippen molar-refractivity contribution in [2.75, 3.05) is 0 Å². The molecular formula is H5CfN2Zn. The zero-order valence-electron chi connectivity index (χ0n) is 2.31. The van der Waals surface area contributed by atoms with Crippen LogP contribution in [0.25, 0.3) is 0 Å². The summed E-state index contributed by atoms with van der Waals surface area (Å²) >= 11 is 0. The summed E-state index contributed by atoms with van der Waals surface area (Å²) in [6.07, 6.45) is 4.55. The van der Waals surface area contributed by atoms with Crippen molar-refractivity contribution in [2.24, 2.45) is 6.15 Å². The molecule has 0 unspecified atom stereocenters. The van der Waals surface area contributed by atoms with Crippen LogP contribution in [-0.4, -0.2) is 0 Å². The fourth-order valence-electron chi connectivity index (χ4n) is 0. The van der Waals surface area contributed by atoms with E-state index in [1.807, 2.05) is 0 Å². The van der Waals surface area contributed by atoms with E-state index in [0.29, 0.717) is 0 Å². The molecule has 0 fully saturated rings. The SMILES string of the molecule is N.[NH2][Cf].[Zn]. The van der Waals surface area contributed by atoms with Crippen molar-refractivity contribution in [3.8, 4) is 0 Å². The minimum atomic E-state index is 0. The van der Waals surface area contributed by atoms with Crippen LogP contribution in [0.4, 0.5) is 0 Å². The van der Waals surface area contributed by atoms with Crippen LogP contribution < -0.4 is 12.3 Å². The molecule has 2 nitrogen and oxygen atoms in total. The molecule has 5 N–H and O–H groups in total. The zero-order chi connectivity index (χ0) is 2.00. The second-order valence-electron chi connectivity index (χ2n) is 0. The molecular weight excluding hydrogens is 344 g/mol. The van der Waals surface area contributed by atoms with Crippen LogP contribution >= 0.6 is 0 Å². The molecule has 0 saturated heterocycles. The second kappa shape index (κ2) is 29.1. The van der Waals surface area contributed by atoms with Gasteiger partial charge in [0.1, 0.15) is 0 Å². The third kappa shape index (κ3) is 2.19. The third-order valence-corrected chi connectivity index (χ3v) is 0. The fourth-order valence-corrected chi connectivity index (χ4v) is 0. The van der Waals surface area contributed by atoms with E-state index in [-0.39, 0.29) is 25.6 Å². The molecule has 0 saturated carbocycles.